The average molecular weight is 193 g/mol. The second kappa shape index (κ2) is 3.06. The SMILES string of the molecule is CNC1C(c2ccc(F)cc2)C1(C)C. The first-order valence-electron chi connectivity index (χ1n) is 5.00. The van der Waals surface area contributed by atoms with Crippen LogP contribution < -0.4 is 5.32 Å². The van der Waals surface area contributed by atoms with Crippen LogP contribution in [0.3, 0.4) is 0 Å². The van der Waals surface area contributed by atoms with Crippen LogP contribution in [0.4, 0.5) is 4.39 Å². The Morgan fingerprint density at radius 2 is 1.79 bits per heavy atom. The summed E-state index contributed by atoms with van der Waals surface area (Å²) in [5, 5.41) is 3.30. The second-order valence-corrected chi connectivity index (χ2v) is 4.62. The maximum atomic E-state index is 12.7. The molecule has 14 heavy (non-hydrogen) atoms. The fraction of sp³-hybridized carbons (Fsp3) is 0.500. The fourth-order valence-electron chi connectivity index (χ4n) is 2.47. The minimum atomic E-state index is -0.159. The van der Waals surface area contributed by atoms with Gasteiger partial charge in [0.05, 0.1) is 0 Å². The van der Waals surface area contributed by atoms with E-state index in [9.17, 15) is 4.39 Å². The summed E-state index contributed by atoms with van der Waals surface area (Å²) in [6, 6.07) is 7.37. The Kier molecular flexibility index (Phi) is 2.11. The van der Waals surface area contributed by atoms with Crippen molar-refractivity contribution in [2.45, 2.75) is 25.8 Å². The molecule has 2 atom stereocenters. The summed E-state index contributed by atoms with van der Waals surface area (Å²) in [6.07, 6.45) is 0. The fourth-order valence-corrected chi connectivity index (χ4v) is 2.47. The van der Waals surface area contributed by atoms with E-state index in [0.717, 1.165) is 0 Å². The molecule has 0 heterocycles. The molecule has 0 aromatic heterocycles. The number of rotatable bonds is 2. The molecular formula is C12H16FN. The molecule has 0 bridgehead atoms. The van der Waals surface area contributed by atoms with Crippen molar-refractivity contribution in [2.24, 2.45) is 5.41 Å². The Labute approximate surface area is 84.3 Å². The zero-order chi connectivity index (χ0) is 10.3. The Hall–Kier alpha value is -0.890. The molecule has 0 amide bonds. The van der Waals surface area contributed by atoms with E-state index in [4.69, 9.17) is 0 Å². The first-order chi connectivity index (χ1) is 6.57. The van der Waals surface area contributed by atoms with Crippen LogP contribution in [0.25, 0.3) is 0 Å². The highest BCUT2D eigenvalue weighted by atomic mass is 19.1. The third-order valence-electron chi connectivity index (χ3n) is 3.37. The highest BCUT2D eigenvalue weighted by Gasteiger charge is 2.57. The third kappa shape index (κ3) is 1.34. The molecule has 76 valence electrons. The minimum absolute atomic E-state index is 0.159. The zero-order valence-corrected chi connectivity index (χ0v) is 8.84. The lowest BCUT2D eigenvalue weighted by Crippen LogP contribution is -2.14. The summed E-state index contributed by atoms with van der Waals surface area (Å²) < 4.78 is 12.7. The monoisotopic (exact) mass is 193 g/mol. The van der Waals surface area contributed by atoms with Gasteiger partial charge in [0.25, 0.3) is 0 Å². The van der Waals surface area contributed by atoms with Gasteiger partial charge in [-0.2, -0.15) is 0 Å². The van der Waals surface area contributed by atoms with Gasteiger partial charge in [0.2, 0.25) is 0 Å². The van der Waals surface area contributed by atoms with Crippen molar-refractivity contribution in [3.63, 3.8) is 0 Å². The van der Waals surface area contributed by atoms with Gasteiger partial charge in [0.15, 0.2) is 0 Å². The molecule has 0 spiro atoms. The molecule has 1 nitrogen and oxygen atoms in total. The normalized spacial score (nSPS) is 28.9. The Balaban J connectivity index is 2.22. The van der Waals surface area contributed by atoms with Gasteiger partial charge in [0.1, 0.15) is 5.82 Å². The molecule has 0 saturated heterocycles. The van der Waals surface area contributed by atoms with Crippen molar-refractivity contribution in [2.75, 3.05) is 7.05 Å². The van der Waals surface area contributed by atoms with Gasteiger partial charge in [-0.1, -0.05) is 26.0 Å². The van der Waals surface area contributed by atoms with Gasteiger partial charge in [-0.15, -0.1) is 0 Å². The van der Waals surface area contributed by atoms with Gasteiger partial charge in [-0.05, 0) is 30.2 Å². The highest BCUT2D eigenvalue weighted by molar-refractivity contribution is 5.34. The molecule has 1 aromatic carbocycles. The molecule has 2 heteroatoms. The molecule has 2 unspecified atom stereocenters. The van der Waals surface area contributed by atoms with E-state index in [1.807, 2.05) is 19.2 Å². The summed E-state index contributed by atoms with van der Waals surface area (Å²) >= 11 is 0. The largest absolute Gasteiger partial charge is 0.316 e. The molecule has 0 aliphatic heterocycles. The van der Waals surface area contributed by atoms with E-state index in [1.165, 1.54) is 17.7 Å². The molecule has 1 aromatic rings. The minimum Gasteiger partial charge on any atom is -0.316 e. The zero-order valence-electron chi connectivity index (χ0n) is 8.84. The summed E-state index contributed by atoms with van der Waals surface area (Å²) in [5.41, 5.74) is 1.53. The predicted octanol–water partition coefficient (Wildman–Crippen LogP) is 2.54. The van der Waals surface area contributed by atoms with E-state index in [0.29, 0.717) is 17.4 Å². The van der Waals surface area contributed by atoms with Crippen molar-refractivity contribution in [3.8, 4) is 0 Å². The number of hydrogen-bond donors (Lipinski definition) is 1. The van der Waals surface area contributed by atoms with E-state index >= 15 is 0 Å². The summed E-state index contributed by atoms with van der Waals surface area (Å²) in [4.78, 5) is 0. The van der Waals surface area contributed by atoms with Crippen LogP contribution in [-0.2, 0) is 0 Å². The van der Waals surface area contributed by atoms with Crippen LogP contribution in [0.2, 0.25) is 0 Å². The van der Waals surface area contributed by atoms with Gasteiger partial charge in [0, 0.05) is 12.0 Å². The molecule has 1 aliphatic rings. The van der Waals surface area contributed by atoms with Crippen LogP contribution in [0.1, 0.15) is 25.3 Å². The number of nitrogens with one attached hydrogen (secondary N) is 1. The number of likely N-dealkylation sites (N-methyl/N-ethyl adjacent to an activating group) is 1. The standard InChI is InChI=1S/C12H16FN/c1-12(2)10(11(12)14-3)8-4-6-9(13)7-5-8/h4-7,10-11,14H,1-3H3. The quantitative estimate of drug-likeness (QED) is 0.761. The first-order valence-corrected chi connectivity index (χ1v) is 5.00. The van der Waals surface area contributed by atoms with Crippen molar-refractivity contribution < 1.29 is 4.39 Å². The van der Waals surface area contributed by atoms with Crippen molar-refractivity contribution in [1.82, 2.24) is 5.32 Å². The smallest absolute Gasteiger partial charge is 0.123 e. The van der Waals surface area contributed by atoms with Crippen LogP contribution in [0.15, 0.2) is 24.3 Å². The Morgan fingerprint density at radius 3 is 2.21 bits per heavy atom. The summed E-state index contributed by atoms with van der Waals surface area (Å²) in [7, 11) is 1.98. The van der Waals surface area contributed by atoms with Gasteiger partial charge >= 0.3 is 0 Å². The molecule has 1 saturated carbocycles. The van der Waals surface area contributed by atoms with E-state index < -0.39 is 0 Å². The van der Waals surface area contributed by atoms with Crippen LogP contribution in [0, 0.1) is 11.2 Å². The average Bonchev–Trinajstić information content (AvgIpc) is 2.69. The van der Waals surface area contributed by atoms with Gasteiger partial charge in [-0.3, -0.25) is 0 Å². The summed E-state index contributed by atoms with van der Waals surface area (Å²) in [6.45, 7) is 4.48. The lowest BCUT2D eigenvalue weighted by Gasteiger charge is -2.01. The second-order valence-electron chi connectivity index (χ2n) is 4.62. The van der Waals surface area contributed by atoms with E-state index in [-0.39, 0.29) is 5.82 Å². The first kappa shape index (κ1) is 9.66. The lowest BCUT2D eigenvalue weighted by atomic mass is 10.0. The summed E-state index contributed by atoms with van der Waals surface area (Å²) in [5.74, 6) is 0.362. The van der Waals surface area contributed by atoms with Crippen molar-refractivity contribution in [3.05, 3.63) is 35.6 Å². The Bertz CT molecular complexity index is 329. The Morgan fingerprint density at radius 1 is 1.21 bits per heavy atom. The highest BCUT2D eigenvalue weighted by Crippen LogP contribution is 2.58. The molecular weight excluding hydrogens is 177 g/mol. The third-order valence-corrected chi connectivity index (χ3v) is 3.37. The molecule has 1 fully saturated rings. The molecule has 2 rings (SSSR count). The van der Waals surface area contributed by atoms with E-state index in [2.05, 4.69) is 19.2 Å². The predicted molar refractivity (Wildman–Crippen MR) is 55.8 cm³/mol. The van der Waals surface area contributed by atoms with E-state index in [1.54, 1.807) is 0 Å². The molecule has 0 radical (unpaired) electrons. The number of benzene rings is 1. The topological polar surface area (TPSA) is 12.0 Å². The van der Waals surface area contributed by atoms with Crippen LogP contribution >= 0.6 is 0 Å². The molecule has 1 aliphatic carbocycles. The van der Waals surface area contributed by atoms with Crippen LogP contribution in [0.5, 0.6) is 0 Å². The number of halogens is 1. The molecule has 1 N–H and O–H groups in total. The lowest BCUT2D eigenvalue weighted by molar-refractivity contribution is 0.567. The maximum absolute atomic E-state index is 12.7. The van der Waals surface area contributed by atoms with Crippen molar-refractivity contribution in [1.29, 1.82) is 0 Å². The van der Waals surface area contributed by atoms with Gasteiger partial charge < -0.3 is 5.32 Å². The van der Waals surface area contributed by atoms with Crippen LogP contribution in [-0.4, -0.2) is 13.1 Å². The van der Waals surface area contributed by atoms with Gasteiger partial charge in [-0.25, -0.2) is 4.39 Å². The maximum Gasteiger partial charge on any atom is 0.123 e. The van der Waals surface area contributed by atoms with Crippen molar-refractivity contribution >= 4 is 0 Å². The number of hydrogen-bond acceptors (Lipinski definition) is 1.